The molecule has 0 atom stereocenters. The van der Waals surface area contributed by atoms with Gasteiger partial charge in [-0.25, -0.2) is 4.98 Å². The molecular formula is C22H26N2O4S. The summed E-state index contributed by atoms with van der Waals surface area (Å²) in [5, 5.41) is 0.552. The smallest absolute Gasteiger partial charge is 0.180 e. The number of nitrogens with two attached hydrogens (primary N) is 1. The Hall–Kier alpha value is -2.61. The molecule has 0 radical (unpaired) electrons. The third-order valence-electron chi connectivity index (χ3n) is 4.31. The van der Waals surface area contributed by atoms with E-state index in [4.69, 9.17) is 24.7 Å². The van der Waals surface area contributed by atoms with E-state index < -0.39 is 0 Å². The molecule has 0 fully saturated rings. The lowest BCUT2D eigenvalue weighted by atomic mass is 10.1. The summed E-state index contributed by atoms with van der Waals surface area (Å²) in [6, 6.07) is 15.8. The second-order valence-corrected chi connectivity index (χ2v) is 7.52. The largest absolute Gasteiger partial charge is 0.497 e. The third-order valence-corrected chi connectivity index (χ3v) is 5.23. The van der Waals surface area contributed by atoms with Crippen LogP contribution in [0.4, 0.5) is 5.13 Å². The van der Waals surface area contributed by atoms with E-state index >= 15 is 0 Å². The minimum atomic E-state index is 0.412. The second-order valence-electron chi connectivity index (χ2n) is 6.41. The van der Waals surface area contributed by atoms with Gasteiger partial charge in [-0.1, -0.05) is 24.3 Å². The molecular weight excluding hydrogens is 388 g/mol. The SMILES string of the molecule is COc1cccc(COCCOCc2nc(N)sc2Cc2cccc(OC)c2)c1. The number of methoxy groups -OCH3 is 2. The zero-order valence-corrected chi connectivity index (χ0v) is 17.5. The van der Waals surface area contributed by atoms with Crippen molar-refractivity contribution in [3.63, 3.8) is 0 Å². The Bertz CT molecular complexity index is 913. The molecule has 0 aliphatic carbocycles. The van der Waals surface area contributed by atoms with Crippen molar-refractivity contribution in [2.75, 3.05) is 33.2 Å². The second kappa shape index (κ2) is 10.8. The van der Waals surface area contributed by atoms with Crippen molar-refractivity contribution in [3.8, 4) is 11.5 Å². The lowest BCUT2D eigenvalue weighted by molar-refractivity contribution is 0.0328. The summed E-state index contributed by atoms with van der Waals surface area (Å²) >= 11 is 1.49. The highest BCUT2D eigenvalue weighted by atomic mass is 32.1. The molecule has 6 nitrogen and oxygen atoms in total. The van der Waals surface area contributed by atoms with Gasteiger partial charge < -0.3 is 24.7 Å². The van der Waals surface area contributed by atoms with Gasteiger partial charge in [0.1, 0.15) is 11.5 Å². The minimum Gasteiger partial charge on any atom is -0.497 e. The molecule has 0 saturated carbocycles. The summed E-state index contributed by atoms with van der Waals surface area (Å²) < 4.78 is 21.9. The maximum absolute atomic E-state index is 5.92. The van der Waals surface area contributed by atoms with Crippen LogP contribution in [0.1, 0.15) is 21.7 Å². The molecule has 29 heavy (non-hydrogen) atoms. The van der Waals surface area contributed by atoms with Crippen molar-refractivity contribution in [1.82, 2.24) is 4.98 Å². The Labute approximate surface area is 175 Å². The van der Waals surface area contributed by atoms with E-state index in [1.165, 1.54) is 11.3 Å². The van der Waals surface area contributed by atoms with Crippen molar-refractivity contribution >= 4 is 16.5 Å². The summed E-state index contributed by atoms with van der Waals surface area (Å²) in [5.41, 5.74) is 9.02. The van der Waals surface area contributed by atoms with Gasteiger partial charge in [0.2, 0.25) is 0 Å². The number of ether oxygens (including phenoxy) is 4. The quantitative estimate of drug-likeness (QED) is 0.477. The molecule has 1 heterocycles. The van der Waals surface area contributed by atoms with Crippen LogP contribution in [0.5, 0.6) is 11.5 Å². The van der Waals surface area contributed by atoms with Crippen LogP contribution in [-0.2, 0) is 29.1 Å². The Morgan fingerprint density at radius 3 is 2.17 bits per heavy atom. The summed E-state index contributed by atoms with van der Waals surface area (Å²) in [5.74, 6) is 1.66. The van der Waals surface area contributed by atoms with E-state index in [9.17, 15) is 0 Å². The van der Waals surface area contributed by atoms with Crippen LogP contribution in [0.2, 0.25) is 0 Å². The lowest BCUT2D eigenvalue weighted by Crippen LogP contribution is -2.06. The Morgan fingerprint density at radius 2 is 1.48 bits per heavy atom. The monoisotopic (exact) mass is 414 g/mol. The average molecular weight is 415 g/mol. The van der Waals surface area contributed by atoms with Crippen molar-refractivity contribution in [3.05, 3.63) is 70.2 Å². The van der Waals surface area contributed by atoms with Gasteiger partial charge in [-0.15, -0.1) is 11.3 Å². The molecule has 3 aromatic rings. The first-order valence-corrected chi connectivity index (χ1v) is 10.1. The summed E-state index contributed by atoms with van der Waals surface area (Å²) in [7, 11) is 3.32. The van der Waals surface area contributed by atoms with Gasteiger partial charge in [-0.2, -0.15) is 0 Å². The predicted octanol–water partition coefficient (Wildman–Crippen LogP) is 4.07. The number of benzene rings is 2. The molecule has 154 valence electrons. The van der Waals surface area contributed by atoms with Gasteiger partial charge in [0.25, 0.3) is 0 Å². The van der Waals surface area contributed by atoms with Crippen LogP contribution in [0, 0.1) is 0 Å². The molecule has 7 heteroatoms. The maximum Gasteiger partial charge on any atom is 0.180 e. The number of hydrogen-bond donors (Lipinski definition) is 1. The van der Waals surface area contributed by atoms with E-state index in [2.05, 4.69) is 11.1 Å². The van der Waals surface area contributed by atoms with Gasteiger partial charge in [-0.3, -0.25) is 0 Å². The number of rotatable bonds is 11. The van der Waals surface area contributed by atoms with E-state index in [1.54, 1.807) is 14.2 Å². The highest BCUT2D eigenvalue weighted by Gasteiger charge is 2.11. The normalized spacial score (nSPS) is 10.8. The number of hydrogen-bond acceptors (Lipinski definition) is 7. The molecule has 0 spiro atoms. The molecule has 0 saturated heterocycles. The van der Waals surface area contributed by atoms with E-state index in [1.807, 2.05) is 42.5 Å². The average Bonchev–Trinajstić information content (AvgIpc) is 3.09. The van der Waals surface area contributed by atoms with Crippen molar-refractivity contribution in [2.24, 2.45) is 0 Å². The van der Waals surface area contributed by atoms with Crippen LogP contribution in [0.15, 0.2) is 48.5 Å². The van der Waals surface area contributed by atoms with Crippen LogP contribution in [0.3, 0.4) is 0 Å². The van der Waals surface area contributed by atoms with Crippen LogP contribution >= 0.6 is 11.3 Å². The standard InChI is InChI=1S/C22H26N2O4S/c1-25-18-7-3-5-16(11-18)13-21-20(24-22(23)29-21)15-28-10-9-27-14-17-6-4-8-19(12-17)26-2/h3-8,11-12H,9-10,13-15H2,1-2H3,(H2,23,24). The highest BCUT2D eigenvalue weighted by molar-refractivity contribution is 7.15. The zero-order chi connectivity index (χ0) is 20.5. The van der Waals surface area contributed by atoms with Crippen LogP contribution in [-0.4, -0.2) is 32.4 Å². The summed E-state index contributed by atoms with van der Waals surface area (Å²) in [4.78, 5) is 5.52. The number of anilines is 1. The predicted molar refractivity (Wildman–Crippen MR) is 115 cm³/mol. The number of nitrogen functional groups attached to an aromatic ring is 1. The van der Waals surface area contributed by atoms with Crippen molar-refractivity contribution in [1.29, 1.82) is 0 Å². The fraction of sp³-hybridized carbons (Fsp3) is 0.318. The van der Waals surface area contributed by atoms with Crippen molar-refractivity contribution < 1.29 is 18.9 Å². The first-order valence-electron chi connectivity index (χ1n) is 9.33. The topological polar surface area (TPSA) is 75.8 Å². The summed E-state index contributed by atoms with van der Waals surface area (Å²) in [6.45, 7) is 1.92. The van der Waals surface area contributed by atoms with Crippen LogP contribution in [0.25, 0.3) is 0 Å². The molecule has 0 unspecified atom stereocenters. The summed E-state index contributed by atoms with van der Waals surface area (Å²) in [6.07, 6.45) is 0.747. The van der Waals surface area contributed by atoms with E-state index in [0.29, 0.717) is 31.6 Å². The molecule has 1 aromatic heterocycles. The molecule has 0 aliphatic heterocycles. The zero-order valence-electron chi connectivity index (χ0n) is 16.7. The fourth-order valence-corrected chi connectivity index (χ4v) is 3.73. The Balaban J connectivity index is 1.44. The van der Waals surface area contributed by atoms with Gasteiger partial charge >= 0.3 is 0 Å². The molecule has 0 aliphatic rings. The van der Waals surface area contributed by atoms with E-state index in [-0.39, 0.29) is 0 Å². The van der Waals surface area contributed by atoms with Gasteiger partial charge in [-0.05, 0) is 35.4 Å². The van der Waals surface area contributed by atoms with Gasteiger partial charge in [0.15, 0.2) is 5.13 Å². The first-order chi connectivity index (χ1) is 14.2. The number of thiazole rings is 1. The molecule has 0 amide bonds. The van der Waals surface area contributed by atoms with Gasteiger partial charge in [0.05, 0.1) is 46.3 Å². The third kappa shape index (κ3) is 6.45. The molecule has 0 bridgehead atoms. The highest BCUT2D eigenvalue weighted by Crippen LogP contribution is 2.25. The lowest BCUT2D eigenvalue weighted by Gasteiger charge is -2.08. The molecule has 3 rings (SSSR count). The van der Waals surface area contributed by atoms with Crippen molar-refractivity contribution in [2.45, 2.75) is 19.6 Å². The first kappa shape index (κ1) is 21.1. The fourth-order valence-electron chi connectivity index (χ4n) is 2.86. The Kier molecular flexibility index (Phi) is 7.86. The number of nitrogens with zero attached hydrogens (tertiary/aromatic N) is 1. The maximum atomic E-state index is 5.92. The van der Waals surface area contributed by atoms with E-state index in [0.717, 1.165) is 39.6 Å². The van der Waals surface area contributed by atoms with Gasteiger partial charge in [0, 0.05) is 11.3 Å². The molecule has 2 aromatic carbocycles. The Morgan fingerprint density at radius 1 is 0.862 bits per heavy atom. The molecule has 2 N–H and O–H groups in total. The minimum absolute atomic E-state index is 0.412. The van der Waals surface area contributed by atoms with Crippen LogP contribution < -0.4 is 15.2 Å². The number of aromatic nitrogens is 1.